The Kier molecular flexibility index (Phi) is 3.82. The maximum atomic E-state index is 12.0. The third kappa shape index (κ3) is 2.68. The quantitative estimate of drug-likeness (QED) is 0.839. The van der Waals surface area contributed by atoms with Gasteiger partial charge in [-0.1, -0.05) is 34.0 Å². The van der Waals surface area contributed by atoms with E-state index in [4.69, 9.17) is 6.42 Å². The minimum absolute atomic E-state index is 0.0181. The maximum Gasteiger partial charge on any atom is 0.242 e. The van der Waals surface area contributed by atoms with Crippen molar-refractivity contribution in [3.63, 3.8) is 0 Å². The van der Waals surface area contributed by atoms with Crippen LogP contribution in [0.4, 0.5) is 0 Å². The van der Waals surface area contributed by atoms with Crippen LogP contribution in [0.1, 0.15) is 11.6 Å². The average Bonchev–Trinajstić information content (AvgIpc) is 2.29. The summed E-state index contributed by atoms with van der Waals surface area (Å²) in [7, 11) is 0. The van der Waals surface area contributed by atoms with Crippen molar-refractivity contribution in [3.8, 4) is 12.3 Å². The van der Waals surface area contributed by atoms with Gasteiger partial charge in [0.25, 0.3) is 0 Å². The van der Waals surface area contributed by atoms with Crippen LogP contribution in [-0.4, -0.2) is 30.4 Å². The highest BCUT2D eigenvalue weighted by Gasteiger charge is 2.30. The molecule has 17 heavy (non-hydrogen) atoms. The summed E-state index contributed by atoms with van der Waals surface area (Å²) in [5, 5.41) is 2.87. The Morgan fingerprint density at radius 3 is 3.12 bits per heavy atom. The number of halogens is 1. The molecular formula is C13H13BrN2O. The SMILES string of the molecule is C#CCN1CCNC(=O)C1c1cccc(Br)c1. The molecular weight excluding hydrogens is 280 g/mol. The third-order valence-corrected chi connectivity index (χ3v) is 3.26. The molecule has 1 aliphatic rings. The minimum Gasteiger partial charge on any atom is -0.353 e. The smallest absolute Gasteiger partial charge is 0.242 e. The van der Waals surface area contributed by atoms with Gasteiger partial charge in [0.05, 0.1) is 6.54 Å². The second-order valence-corrected chi connectivity index (χ2v) is 4.84. The summed E-state index contributed by atoms with van der Waals surface area (Å²) < 4.78 is 0.967. The lowest BCUT2D eigenvalue weighted by atomic mass is 10.0. The minimum atomic E-state index is -0.280. The van der Waals surface area contributed by atoms with Crippen molar-refractivity contribution in [1.29, 1.82) is 0 Å². The lowest BCUT2D eigenvalue weighted by molar-refractivity contribution is -0.128. The van der Waals surface area contributed by atoms with E-state index >= 15 is 0 Å². The molecule has 0 bridgehead atoms. The summed E-state index contributed by atoms with van der Waals surface area (Å²) in [6, 6.07) is 7.49. The van der Waals surface area contributed by atoms with Crippen molar-refractivity contribution in [3.05, 3.63) is 34.3 Å². The van der Waals surface area contributed by atoms with Gasteiger partial charge in [-0.3, -0.25) is 9.69 Å². The Balaban J connectivity index is 2.31. The van der Waals surface area contributed by atoms with Crippen molar-refractivity contribution in [2.45, 2.75) is 6.04 Å². The summed E-state index contributed by atoms with van der Waals surface area (Å²) in [5.74, 6) is 2.62. The van der Waals surface area contributed by atoms with Crippen molar-refractivity contribution in [2.24, 2.45) is 0 Å². The molecule has 1 N–H and O–H groups in total. The van der Waals surface area contributed by atoms with Crippen LogP contribution in [0.5, 0.6) is 0 Å². The van der Waals surface area contributed by atoms with E-state index in [1.54, 1.807) is 0 Å². The van der Waals surface area contributed by atoms with Crippen molar-refractivity contribution in [2.75, 3.05) is 19.6 Å². The van der Waals surface area contributed by atoms with Crippen LogP contribution in [-0.2, 0) is 4.79 Å². The zero-order valence-corrected chi connectivity index (χ0v) is 10.9. The molecule has 88 valence electrons. The first-order valence-corrected chi connectivity index (χ1v) is 6.22. The van der Waals surface area contributed by atoms with E-state index in [0.717, 1.165) is 16.6 Å². The van der Waals surface area contributed by atoms with Crippen LogP contribution >= 0.6 is 15.9 Å². The molecule has 0 aliphatic carbocycles. The Morgan fingerprint density at radius 2 is 2.41 bits per heavy atom. The molecule has 2 rings (SSSR count). The number of carbonyl (C=O) groups is 1. The molecule has 1 fully saturated rings. The molecule has 1 amide bonds. The first-order valence-electron chi connectivity index (χ1n) is 5.43. The molecule has 1 heterocycles. The zero-order chi connectivity index (χ0) is 12.3. The fourth-order valence-corrected chi connectivity index (χ4v) is 2.46. The molecule has 0 radical (unpaired) electrons. The first kappa shape index (κ1) is 12.2. The molecule has 3 nitrogen and oxygen atoms in total. The molecule has 4 heteroatoms. The monoisotopic (exact) mass is 292 g/mol. The number of rotatable bonds is 2. The molecule has 1 saturated heterocycles. The standard InChI is InChI=1S/C13H13BrN2O/c1-2-7-16-8-6-15-13(17)12(16)10-4-3-5-11(14)9-10/h1,3-5,9,12H,6-8H2,(H,15,17). The maximum absolute atomic E-state index is 12.0. The number of hydrogen-bond donors (Lipinski definition) is 1. The van der Waals surface area contributed by atoms with Gasteiger partial charge >= 0.3 is 0 Å². The van der Waals surface area contributed by atoms with Gasteiger partial charge in [0, 0.05) is 17.6 Å². The Morgan fingerprint density at radius 1 is 1.59 bits per heavy atom. The van der Waals surface area contributed by atoms with Crippen LogP contribution in [0, 0.1) is 12.3 Å². The summed E-state index contributed by atoms with van der Waals surface area (Å²) in [5.41, 5.74) is 0.965. The highest BCUT2D eigenvalue weighted by atomic mass is 79.9. The van der Waals surface area contributed by atoms with E-state index < -0.39 is 0 Å². The molecule has 0 aromatic heterocycles. The summed E-state index contributed by atoms with van der Waals surface area (Å²) in [6.07, 6.45) is 5.34. The van der Waals surface area contributed by atoms with E-state index in [9.17, 15) is 4.79 Å². The van der Waals surface area contributed by atoms with Crippen LogP contribution < -0.4 is 5.32 Å². The highest BCUT2D eigenvalue weighted by molar-refractivity contribution is 9.10. The number of hydrogen-bond acceptors (Lipinski definition) is 2. The fourth-order valence-electron chi connectivity index (χ4n) is 2.04. The lowest BCUT2D eigenvalue weighted by Crippen LogP contribution is -2.49. The van der Waals surface area contributed by atoms with Gasteiger partial charge in [0.15, 0.2) is 0 Å². The van der Waals surface area contributed by atoms with Gasteiger partial charge in [0.2, 0.25) is 5.91 Å². The molecule has 1 atom stereocenters. The predicted molar refractivity (Wildman–Crippen MR) is 70.3 cm³/mol. The van der Waals surface area contributed by atoms with Crippen LogP contribution in [0.3, 0.4) is 0 Å². The van der Waals surface area contributed by atoms with E-state index in [1.165, 1.54) is 0 Å². The first-order chi connectivity index (χ1) is 8.22. The number of terminal acetylenes is 1. The molecule has 0 saturated carbocycles. The van der Waals surface area contributed by atoms with Gasteiger partial charge in [-0.2, -0.15) is 0 Å². The fraction of sp³-hybridized carbons (Fsp3) is 0.308. The Bertz CT molecular complexity index is 467. The van der Waals surface area contributed by atoms with Crippen LogP contribution in [0.25, 0.3) is 0 Å². The molecule has 1 aliphatic heterocycles. The van der Waals surface area contributed by atoms with Crippen molar-refractivity contribution in [1.82, 2.24) is 10.2 Å². The number of benzene rings is 1. The number of amides is 1. The Hall–Kier alpha value is -1.31. The van der Waals surface area contributed by atoms with E-state index in [0.29, 0.717) is 13.1 Å². The molecule has 1 aromatic carbocycles. The van der Waals surface area contributed by atoms with E-state index in [1.807, 2.05) is 29.2 Å². The largest absolute Gasteiger partial charge is 0.353 e. The topological polar surface area (TPSA) is 32.3 Å². The summed E-state index contributed by atoms with van der Waals surface area (Å²) in [4.78, 5) is 14.0. The molecule has 1 aromatic rings. The average molecular weight is 293 g/mol. The van der Waals surface area contributed by atoms with Gasteiger partial charge in [0.1, 0.15) is 6.04 Å². The second kappa shape index (κ2) is 5.35. The second-order valence-electron chi connectivity index (χ2n) is 3.92. The number of nitrogens with zero attached hydrogens (tertiary/aromatic N) is 1. The highest BCUT2D eigenvalue weighted by Crippen LogP contribution is 2.25. The predicted octanol–water partition coefficient (Wildman–Crippen LogP) is 1.56. The zero-order valence-electron chi connectivity index (χ0n) is 9.32. The van der Waals surface area contributed by atoms with Gasteiger partial charge in [-0.25, -0.2) is 0 Å². The third-order valence-electron chi connectivity index (χ3n) is 2.77. The normalized spacial score (nSPS) is 20.7. The number of carbonyl (C=O) groups excluding carboxylic acids is 1. The summed E-state index contributed by atoms with van der Waals surface area (Å²) >= 11 is 3.42. The van der Waals surface area contributed by atoms with E-state index in [2.05, 4.69) is 27.2 Å². The summed E-state index contributed by atoms with van der Waals surface area (Å²) in [6.45, 7) is 1.93. The van der Waals surface area contributed by atoms with Crippen LogP contribution in [0.2, 0.25) is 0 Å². The number of piperazine rings is 1. The Labute approximate surface area is 109 Å². The molecule has 0 spiro atoms. The van der Waals surface area contributed by atoms with Gasteiger partial charge in [-0.05, 0) is 17.7 Å². The van der Waals surface area contributed by atoms with Crippen molar-refractivity contribution >= 4 is 21.8 Å². The number of nitrogens with one attached hydrogen (secondary N) is 1. The van der Waals surface area contributed by atoms with Gasteiger partial charge < -0.3 is 5.32 Å². The van der Waals surface area contributed by atoms with Gasteiger partial charge in [-0.15, -0.1) is 6.42 Å². The lowest BCUT2D eigenvalue weighted by Gasteiger charge is -2.33. The van der Waals surface area contributed by atoms with Crippen LogP contribution in [0.15, 0.2) is 28.7 Å². The van der Waals surface area contributed by atoms with Crippen molar-refractivity contribution < 1.29 is 4.79 Å². The molecule has 1 unspecified atom stereocenters. The van der Waals surface area contributed by atoms with E-state index in [-0.39, 0.29) is 11.9 Å².